The van der Waals surface area contributed by atoms with E-state index in [-0.39, 0.29) is 0 Å². The highest BCUT2D eigenvalue weighted by atomic mass is 15.3. The quantitative estimate of drug-likeness (QED) is 0.533. The molecule has 3 fully saturated rings. The van der Waals surface area contributed by atoms with Gasteiger partial charge in [-0.25, -0.2) is 0 Å². The van der Waals surface area contributed by atoms with E-state index >= 15 is 0 Å². The summed E-state index contributed by atoms with van der Waals surface area (Å²) in [5.41, 5.74) is 0.635. The molecular weight excluding hydrogens is 146 g/mol. The predicted molar refractivity (Wildman–Crippen MR) is 50.1 cm³/mol. The minimum atomic E-state index is 0.635. The van der Waals surface area contributed by atoms with Gasteiger partial charge < -0.3 is 0 Å². The first-order chi connectivity index (χ1) is 5.80. The first-order valence-corrected chi connectivity index (χ1v) is 5.56. The molecule has 0 aromatic carbocycles. The van der Waals surface area contributed by atoms with Gasteiger partial charge in [-0.05, 0) is 51.5 Å². The van der Waals surface area contributed by atoms with Crippen LogP contribution in [-0.4, -0.2) is 23.0 Å². The monoisotopic (exact) mass is 165 g/mol. The molecule has 0 aromatic heterocycles. The van der Waals surface area contributed by atoms with Gasteiger partial charge in [0.15, 0.2) is 0 Å². The van der Waals surface area contributed by atoms with Crippen LogP contribution in [0.4, 0.5) is 0 Å². The molecule has 2 aliphatic heterocycles. The maximum Gasteiger partial charge on any atom is 0.0187 e. The second-order valence-corrected chi connectivity index (χ2v) is 5.26. The molecule has 68 valence electrons. The average molecular weight is 165 g/mol. The molecule has 0 aromatic rings. The Morgan fingerprint density at radius 3 is 3.00 bits per heavy atom. The van der Waals surface area contributed by atoms with Gasteiger partial charge in [-0.3, -0.25) is 4.90 Å². The van der Waals surface area contributed by atoms with E-state index in [2.05, 4.69) is 11.8 Å². The van der Waals surface area contributed by atoms with Gasteiger partial charge in [0.1, 0.15) is 0 Å². The summed E-state index contributed by atoms with van der Waals surface area (Å²) in [5.74, 6) is 1.08. The van der Waals surface area contributed by atoms with Crippen LogP contribution in [0.3, 0.4) is 0 Å². The zero-order chi connectivity index (χ0) is 8.18. The summed E-state index contributed by atoms with van der Waals surface area (Å²) in [7, 11) is 0. The van der Waals surface area contributed by atoms with Crippen LogP contribution in [0.5, 0.6) is 0 Å². The van der Waals surface area contributed by atoms with Crippen LogP contribution in [0, 0.1) is 5.92 Å². The van der Waals surface area contributed by atoms with Crippen LogP contribution in [0.15, 0.2) is 0 Å². The summed E-state index contributed by atoms with van der Waals surface area (Å²) in [4.78, 5) is 2.84. The third kappa shape index (κ3) is 0.783. The van der Waals surface area contributed by atoms with Crippen LogP contribution >= 0.6 is 0 Å². The van der Waals surface area contributed by atoms with Gasteiger partial charge in [0.2, 0.25) is 0 Å². The average Bonchev–Trinajstić information content (AvgIpc) is 2.60. The van der Waals surface area contributed by atoms with Crippen molar-refractivity contribution < 1.29 is 0 Å². The van der Waals surface area contributed by atoms with Gasteiger partial charge in [-0.1, -0.05) is 6.42 Å². The topological polar surface area (TPSA) is 3.24 Å². The molecule has 12 heavy (non-hydrogen) atoms. The fourth-order valence-corrected chi connectivity index (χ4v) is 3.97. The van der Waals surface area contributed by atoms with Crippen molar-refractivity contribution in [2.24, 2.45) is 5.92 Å². The minimum Gasteiger partial charge on any atom is -0.295 e. The molecule has 2 saturated heterocycles. The summed E-state index contributed by atoms with van der Waals surface area (Å²) in [6.45, 7) is 3.90. The molecule has 2 bridgehead atoms. The normalized spacial score (nSPS) is 52.8. The third-order valence-corrected chi connectivity index (χ3v) is 4.54. The Morgan fingerprint density at radius 2 is 2.17 bits per heavy atom. The van der Waals surface area contributed by atoms with Gasteiger partial charge in [-0.15, -0.1) is 0 Å². The van der Waals surface area contributed by atoms with E-state index in [1.165, 1.54) is 45.1 Å². The Labute approximate surface area is 75.1 Å². The van der Waals surface area contributed by atoms with E-state index in [1.54, 1.807) is 0 Å². The lowest BCUT2D eigenvalue weighted by Crippen LogP contribution is -2.50. The van der Waals surface area contributed by atoms with Crippen LogP contribution < -0.4 is 0 Å². The fourth-order valence-electron chi connectivity index (χ4n) is 3.97. The predicted octanol–water partition coefficient (Wildman–Crippen LogP) is 2.41. The molecule has 0 amide bonds. The van der Waals surface area contributed by atoms with E-state index in [9.17, 15) is 0 Å². The Morgan fingerprint density at radius 1 is 1.25 bits per heavy atom. The molecule has 1 nitrogen and oxygen atoms in total. The fraction of sp³-hybridized carbons (Fsp3) is 1.00. The zero-order valence-electron chi connectivity index (χ0n) is 8.05. The van der Waals surface area contributed by atoms with E-state index in [0.29, 0.717) is 5.54 Å². The van der Waals surface area contributed by atoms with Crippen molar-refractivity contribution in [2.75, 3.05) is 6.54 Å². The van der Waals surface area contributed by atoms with Crippen molar-refractivity contribution in [3.05, 3.63) is 0 Å². The van der Waals surface area contributed by atoms with Crippen molar-refractivity contribution >= 4 is 0 Å². The SMILES string of the molecule is CC12CCC(C1)C1CCCCN12. The van der Waals surface area contributed by atoms with Crippen LogP contribution in [-0.2, 0) is 0 Å². The number of piperidine rings is 2. The smallest absolute Gasteiger partial charge is 0.0187 e. The number of fused-ring (bicyclic) bond motifs is 5. The molecule has 0 radical (unpaired) electrons. The van der Waals surface area contributed by atoms with Crippen molar-refractivity contribution in [1.29, 1.82) is 0 Å². The molecule has 0 N–H and O–H groups in total. The highest BCUT2D eigenvalue weighted by molar-refractivity contribution is 5.08. The second kappa shape index (κ2) is 2.25. The largest absolute Gasteiger partial charge is 0.295 e. The molecule has 2 heterocycles. The van der Waals surface area contributed by atoms with Gasteiger partial charge in [-0.2, -0.15) is 0 Å². The maximum absolute atomic E-state index is 2.84. The summed E-state index contributed by atoms with van der Waals surface area (Å²) in [6, 6.07) is 0.998. The van der Waals surface area contributed by atoms with Crippen LogP contribution in [0.1, 0.15) is 45.4 Å². The lowest BCUT2D eigenvalue weighted by molar-refractivity contribution is 0.0483. The van der Waals surface area contributed by atoms with Crippen molar-refractivity contribution in [3.63, 3.8) is 0 Å². The van der Waals surface area contributed by atoms with Crippen molar-refractivity contribution in [1.82, 2.24) is 4.90 Å². The second-order valence-electron chi connectivity index (χ2n) is 5.26. The molecule has 0 spiro atoms. The molecule has 3 rings (SSSR count). The Kier molecular flexibility index (Phi) is 1.39. The van der Waals surface area contributed by atoms with E-state index in [1.807, 2.05) is 0 Å². The first-order valence-electron chi connectivity index (χ1n) is 5.56. The molecule has 3 aliphatic rings. The number of hydrogen-bond acceptors (Lipinski definition) is 1. The highest BCUT2D eigenvalue weighted by Gasteiger charge is 2.53. The van der Waals surface area contributed by atoms with Gasteiger partial charge in [0.05, 0.1) is 0 Å². The number of nitrogens with zero attached hydrogens (tertiary/aromatic N) is 1. The maximum atomic E-state index is 2.84. The number of rotatable bonds is 0. The first kappa shape index (κ1) is 7.37. The highest BCUT2D eigenvalue weighted by Crippen LogP contribution is 2.52. The Balaban J connectivity index is 1.91. The summed E-state index contributed by atoms with van der Waals surface area (Å²) in [5, 5.41) is 0. The summed E-state index contributed by atoms with van der Waals surface area (Å²) in [6.07, 6.45) is 8.97. The summed E-state index contributed by atoms with van der Waals surface area (Å²) >= 11 is 0. The number of hydrogen-bond donors (Lipinski definition) is 0. The van der Waals surface area contributed by atoms with E-state index < -0.39 is 0 Å². The van der Waals surface area contributed by atoms with E-state index in [4.69, 9.17) is 0 Å². The minimum absolute atomic E-state index is 0.635. The van der Waals surface area contributed by atoms with E-state index in [0.717, 1.165) is 12.0 Å². The molecule has 1 saturated carbocycles. The van der Waals surface area contributed by atoms with Gasteiger partial charge in [0.25, 0.3) is 0 Å². The van der Waals surface area contributed by atoms with Gasteiger partial charge >= 0.3 is 0 Å². The molecule has 3 atom stereocenters. The third-order valence-electron chi connectivity index (χ3n) is 4.54. The Bertz CT molecular complexity index is 201. The van der Waals surface area contributed by atoms with Gasteiger partial charge in [0, 0.05) is 11.6 Å². The molecule has 3 unspecified atom stereocenters. The van der Waals surface area contributed by atoms with Crippen LogP contribution in [0.2, 0.25) is 0 Å². The van der Waals surface area contributed by atoms with Crippen LogP contribution in [0.25, 0.3) is 0 Å². The Hall–Kier alpha value is -0.0400. The van der Waals surface area contributed by atoms with Crippen molar-refractivity contribution in [2.45, 2.75) is 57.0 Å². The molecule has 1 heteroatoms. The molecular formula is C11H19N. The molecule has 1 aliphatic carbocycles. The summed E-state index contributed by atoms with van der Waals surface area (Å²) < 4.78 is 0. The lowest BCUT2D eigenvalue weighted by atomic mass is 9.89. The lowest BCUT2D eigenvalue weighted by Gasteiger charge is -2.44. The zero-order valence-corrected chi connectivity index (χ0v) is 8.05. The van der Waals surface area contributed by atoms with Crippen molar-refractivity contribution in [3.8, 4) is 0 Å². The standard InChI is InChI=1S/C11H19N/c1-11-6-5-9(8-11)10-4-2-3-7-12(10)11/h9-10H,2-8H2,1H3.